The molecule has 0 fully saturated rings. The summed E-state index contributed by atoms with van der Waals surface area (Å²) < 4.78 is 1.38. The van der Waals surface area contributed by atoms with Crippen molar-refractivity contribution in [3.8, 4) is 11.8 Å². The molecule has 0 spiro atoms. The van der Waals surface area contributed by atoms with E-state index in [9.17, 15) is 10.1 Å². The van der Waals surface area contributed by atoms with Gasteiger partial charge in [0.1, 0.15) is 12.8 Å². The van der Waals surface area contributed by atoms with Crippen LogP contribution in [0.3, 0.4) is 0 Å². The molecule has 0 saturated carbocycles. The largest absolute Gasteiger partial charge is 0.384 e. The minimum absolute atomic E-state index is 0.0882. The Kier molecular flexibility index (Phi) is 3.20. The van der Waals surface area contributed by atoms with Crippen LogP contribution in [0.4, 0.5) is 5.82 Å². The summed E-state index contributed by atoms with van der Waals surface area (Å²) in [6, 6.07) is 0. The molecule has 0 radical (unpaired) electrons. The number of rotatable bonds is 2. The first-order valence-corrected chi connectivity index (χ1v) is 3.90. The summed E-state index contributed by atoms with van der Waals surface area (Å²) in [4.78, 5) is 13.8. The van der Waals surface area contributed by atoms with Gasteiger partial charge in [0.2, 0.25) is 0 Å². The van der Waals surface area contributed by atoms with E-state index >= 15 is 0 Å². The smallest absolute Gasteiger partial charge is 0.343 e. The lowest BCUT2D eigenvalue weighted by Crippen LogP contribution is -2.03. The van der Waals surface area contributed by atoms with Crippen LogP contribution in [0.25, 0.3) is 0 Å². The van der Waals surface area contributed by atoms with Crippen molar-refractivity contribution >= 4 is 5.82 Å². The zero-order chi connectivity index (χ0) is 10.6. The summed E-state index contributed by atoms with van der Waals surface area (Å²) >= 11 is 0. The minimum Gasteiger partial charge on any atom is -0.384 e. The molecule has 74 valence electrons. The third-order valence-corrected chi connectivity index (χ3v) is 1.66. The van der Waals surface area contributed by atoms with Crippen molar-refractivity contribution < 1.29 is 10.0 Å². The Morgan fingerprint density at radius 2 is 2.43 bits per heavy atom. The zero-order valence-corrected chi connectivity index (χ0v) is 7.60. The summed E-state index contributed by atoms with van der Waals surface area (Å²) in [7, 11) is 0. The van der Waals surface area contributed by atoms with Gasteiger partial charge in [0.15, 0.2) is 12.4 Å². The highest BCUT2D eigenvalue weighted by molar-refractivity contribution is 5.20. The molecule has 0 aliphatic rings. The second-order valence-corrected chi connectivity index (χ2v) is 2.52. The Bertz CT molecular complexity index is 400. The van der Waals surface area contributed by atoms with Crippen molar-refractivity contribution in [3.63, 3.8) is 0 Å². The highest BCUT2D eigenvalue weighted by Gasteiger charge is 2.15. The fraction of sp³-hybridized carbons (Fsp3) is 0.375. The van der Waals surface area contributed by atoms with Crippen molar-refractivity contribution in [2.75, 3.05) is 6.61 Å². The molecule has 0 unspecified atom stereocenters. The van der Waals surface area contributed by atoms with Gasteiger partial charge in [-0.05, 0) is 4.92 Å². The van der Waals surface area contributed by atoms with Gasteiger partial charge >= 0.3 is 5.82 Å². The molecule has 14 heavy (non-hydrogen) atoms. The van der Waals surface area contributed by atoms with E-state index in [2.05, 4.69) is 16.8 Å². The Morgan fingerprint density at radius 1 is 1.71 bits per heavy atom. The number of hydrogen-bond acceptors (Lipinski definition) is 4. The average molecular weight is 195 g/mol. The lowest BCUT2D eigenvalue weighted by Gasteiger charge is -1.96. The van der Waals surface area contributed by atoms with Gasteiger partial charge in [-0.1, -0.05) is 11.8 Å². The van der Waals surface area contributed by atoms with E-state index in [1.54, 1.807) is 6.92 Å². The molecule has 1 heterocycles. The summed E-state index contributed by atoms with van der Waals surface area (Å²) in [6.07, 6.45) is 1.19. The van der Waals surface area contributed by atoms with Crippen LogP contribution in [-0.4, -0.2) is 26.2 Å². The molecule has 6 heteroatoms. The zero-order valence-electron chi connectivity index (χ0n) is 7.60. The maximum atomic E-state index is 10.5. The van der Waals surface area contributed by atoms with Crippen molar-refractivity contribution in [1.29, 1.82) is 0 Å². The van der Waals surface area contributed by atoms with E-state index in [4.69, 9.17) is 5.11 Å². The molecule has 1 N–H and O–H groups in total. The predicted molar refractivity (Wildman–Crippen MR) is 48.5 cm³/mol. The lowest BCUT2D eigenvalue weighted by atomic mass is 10.5. The second-order valence-electron chi connectivity index (χ2n) is 2.52. The Hall–Kier alpha value is -1.87. The number of imidazole rings is 1. The molecular weight excluding hydrogens is 186 g/mol. The summed E-state index contributed by atoms with van der Waals surface area (Å²) in [5.41, 5.74) is 0. The molecule has 0 bridgehead atoms. The first-order valence-electron chi connectivity index (χ1n) is 3.90. The summed E-state index contributed by atoms with van der Waals surface area (Å²) in [6.45, 7) is 1.58. The number of nitrogens with zero attached hydrogens (tertiary/aromatic N) is 3. The van der Waals surface area contributed by atoms with Crippen molar-refractivity contribution in [1.82, 2.24) is 9.55 Å². The maximum absolute atomic E-state index is 10.5. The molecule has 1 aromatic rings. The minimum atomic E-state index is -0.513. The van der Waals surface area contributed by atoms with Gasteiger partial charge in [-0.15, -0.1) is 0 Å². The van der Waals surface area contributed by atoms with Crippen molar-refractivity contribution in [2.24, 2.45) is 0 Å². The molecule has 0 saturated heterocycles. The van der Waals surface area contributed by atoms with Crippen LogP contribution in [0.5, 0.6) is 0 Å². The third-order valence-electron chi connectivity index (χ3n) is 1.66. The molecule has 6 nitrogen and oxygen atoms in total. The van der Waals surface area contributed by atoms with Gasteiger partial charge in [-0.3, -0.25) is 0 Å². The fourth-order valence-electron chi connectivity index (χ4n) is 0.988. The van der Waals surface area contributed by atoms with Gasteiger partial charge in [-0.2, -0.15) is 4.57 Å². The Labute approximate surface area is 80.3 Å². The van der Waals surface area contributed by atoms with E-state index in [1.807, 2.05) is 0 Å². The standard InChI is InChI=1S/C8H9N3O3/c1-7-9-6-8(11(13)14)10(7)4-2-3-5-12/h6,12H,4-5H2,1H3. The van der Waals surface area contributed by atoms with Crippen LogP contribution in [-0.2, 0) is 6.54 Å². The van der Waals surface area contributed by atoms with Crippen molar-refractivity contribution in [2.45, 2.75) is 13.5 Å². The lowest BCUT2D eigenvalue weighted by molar-refractivity contribution is -0.392. The van der Waals surface area contributed by atoms with Gasteiger partial charge in [-0.25, -0.2) is 4.98 Å². The topological polar surface area (TPSA) is 81.2 Å². The Balaban J connectivity index is 2.93. The van der Waals surface area contributed by atoms with Crippen LogP contribution in [0.1, 0.15) is 5.82 Å². The number of aromatic nitrogens is 2. The summed E-state index contributed by atoms with van der Waals surface area (Å²) in [5.74, 6) is 5.45. The maximum Gasteiger partial charge on any atom is 0.343 e. The van der Waals surface area contributed by atoms with Crippen molar-refractivity contribution in [3.05, 3.63) is 22.1 Å². The van der Waals surface area contributed by atoms with Gasteiger partial charge < -0.3 is 15.2 Å². The SMILES string of the molecule is Cc1ncc([N+](=O)[O-])n1CC#CCO. The molecular formula is C8H9N3O3. The predicted octanol–water partition coefficient (Wildman–Crippen LogP) is 0.0954. The van der Waals surface area contributed by atoms with E-state index in [0.717, 1.165) is 0 Å². The number of aliphatic hydroxyl groups excluding tert-OH is 1. The number of nitro groups is 1. The first kappa shape index (κ1) is 10.2. The van der Waals surface area contributed by atoms with Crippen LogP contribution in [0.2, 0.25) is 0 Å². The molecule has 1 rings (SSSR count). The van der Waals surface area contributed by atoms with Crippen LogP contribution in [0, 0.1) is 28.9 Å². The van der Waals surface area contributed by atoms with E-state index in [0.29, 0.717) is 5.82 Å². The number of aryl methyl sites for hydroxylation is 1. The van der Waals surface area contributed by atoms with Crippen LogP contribution in [0.15, 0.2) is 6.20 Å². The van der Waals surface area contributed by atoms with Gasteiger partial charge in [0, 0.05) is 6.92 Å². The highest BCUT2D eigenvalue weighted by Crippen LogP contribution is 2.12. The monoisotopic (exact) mass is 195 g/mol. The quantitative estimate of drug-likeness (QED) is 0.412. The van der Waals surface area contributed by atoms with Crippen LogP contribution < -0.4 is 0 Å². The van der Waals surface area contributed by atoms with E-state index < -0.39 is 4.92 Å². The Morgan fingerprint density at radius 3 is 3.00 bits per heavy atom. The third kappa shape index (κ3) is 2.08. The molecule has 0 atom stereocenters. The summed E-state index contributed by atoms with van der Waals surface area (Å²) in [5, 5.41) is 18.9. The molecule has 0 amide bonds. The van der Waals surface area contributed by atoms with Gasteiger partial charge in [0.05, 0.1) is 0 Å². The average Bonchev–Trinajstić information content (AvgIpc) is 2.48. The van der Waals surface area contributed by atoms with Gasteiger partial charge in [0.25, 0.3) is 0 Å². The molecule has 0 aliphatic carbocycles. The molecule has 1 aromatic heterocycles. The molecule has 0 aliphatic heterocycles. The highest BCUT2D eigenvalue weighted by atomic mass is 16.6. The second kappa shape index (κ2) is 4.39. The van der Waals surface area contributed by atoms with Crippen LogP contribution >= 0.6 is 0 Å². The number of aliphatic hydroxyl groups is 1. The normalized spacial score (nSPS) is 9.29. The fourth-order valence-corrected chi connectivity index (χ4v) is 0.988. The molecule has 0 aromatic carbocycles. The van der Waals surface area contributed by atoms with E-state index in [-0.39, 0.29) is 19.0 Å². The number of hydrogen-bond donors (Lipinski definition) is 1. The first-order chi connectivity index (χ1) is 6.66. The van der Waals surface area contributed by atoms with E-state index in [1.165, 1.54) is 10.8 Å².